The monoisotopic (exact) mass is 579 g/mol. The molecule has 0 aromatic heterocycles. The molecule has 3 aromatic rings. The molecule has 41 heavy (non-hydrogen) atoms. The number of benzene rings is 3. The van der Waals surface area contributed by atoms with Crippen LogP contribution >= 0.6 is 0 Å². The molecule has 12 heteroatoms. The fourth-order valence-corrected chi connectivity index (χ4v) is 6.19. The molecule has 2 heterocycles. The van der Waals surface area contributed by atoms with Crippen molar-refractivity contribution < 1.29 is 22.9 Å². The summed E-state index contributed by atoms with van der Waals surface area (Å²) < 4.78 is 34.0. The van der Waals surface area contributed by atoms with E-state index in [9.17, 15) is 23.3 Å². The second-order valence-corrected chi connectivity index (χ2v) is 11.8. The fourth-order valence-electron chi connectivity index (χ4n) is 5.14. The molecule has 2 N–H and O–H groups in total. The second-order valence-electron chi connectivity index (χ2n) is 10.1. The Hall–Kier alpha value is -4.00. The molecular formula is C29H33N5O6S. The lowest BCUT2D eigenvalue weighted by atomic mass is 9.98. The molecule has 2 aliphatic rings. The van der Waals surface area contributed by atoms with Gasteiger partial charge in [0, 0.05) is 56.2 Å². The van der Waals surface area contributed by atoms with Crippen LogP contribution in [0.15, 0.2) is 71.6 Å². The Morgan fingerprint density at radius 2 is 1.71 bits per heavy atom. The Bertz CT molecular complexity index is 1510. The van der Waals surface area contributed by atoms with Gasteiger partial charge in [0.25, 0.3) is 21.6 Å². The maximum absolute atomic E-state index is 13.5. The number of nitro benzene ring substituents is 1. The van der Waals surface area contributed by atoms with E-state index >= 15 is 0 Å². The molecule has 0 unspecified atom stereocenters. The third-order valence-electron chi connectivity index (χ3n) is 7.36. The van der Waals surface area contributed by atoms with Gasteiger partial charge in [-0.25, -0.2) is 8.42 Å². The number of non-ortho nitro benzene ring substituents is 1. The lowest BCUT2D eigenvalue weighted by Gasteiger charge is -2.32. The number of nitro groups is 1. The van der Waals surface area contributed by atoms with Crippen molar-refractivity contribution in [3.63, 3.8) is 0 Å². The number of nitrogens with zero attached hydrogens (tertiary/aromatic N) is 3. The quantitative estimate of drug-likeness (QED) is 0.212. The van der Waals surface area contributed by atoms with Crippen LogP contribution in [0, 0.1) is 10.1 Å². The highest BCUT2D eigenvalue weighted by Crippen LogP contribution is 2.30. The van der Waals surface area contributed by atoms with Crippen molar-refractivity contribution in [3.8, 4) is 0 Å². The van der Waals surface area contributed by atoms with E-state index < -0.39 is 14.9 Å². The van der Waals surface area contributed by atoms with E-state index in [1.54, 1.807) is 18.2 Å². The van der Waals surface area contributed by atoms with E-state index in [0.717, 1.165) is 70.1 Å². The Morgan fingerprint density at radius 3 is 2.44 bits per heavy atom. The van der Waals surface area contributed by atoms with Crippen LogP contribution < -0.4 is 14.9 Å². The van der Waals surface area contributed by atoms with Crippen molar-refractivity contribution in [1.82, 2.24) is 10.2 Å². The molecule has 1 amide bonds. The molecule has 0 radical (unpaired) electrons. The van der Waals surface area contributed by atoms with Crippen LogP contribution in [0.4, 0.5) is 17.1 Å². The average molecular weight is 580 g/mol. The number of amides is 1. The van der Waals surface area contributed by atoms with Gasteiger partial charge in [0.05, 0.1) is 28.6 Å². The smallest absolute Gasteiger partial charge is 0.269 e. The van der Waals surface area contributed by atoms with Crippen LogP contribution in [-0.2, 0) is 27.7 Å². The SMILES string of the molecule is O=C(NCCCN1CCOCC1)c1cc(NS(=O)(=O)c2ccc([N+](=O)[O-])cc2)ccc1N1CCc2ccccc2C1. The summed E-state index contributed by atoms with van der Waals surface area (Å²) in [5.41, 5.74) is 3.60. The minimum Gasteiger partial charge on any atom is -0.379 e. The van der Waals surface area contributed by atoms with E-state index in [1.165, 1.54) is 23.3 Å². The molecule has 0 saturated carbocycles. The van der Waals surface area contributed by atoms with E-state index in [-0.39, 0.29) is 22.2 Å². The largest absolute Gasteiger partial charge is 0.379 e. The summed E-state index contributed by atoms with van der Waals surface area (Å²) >= 11 is 0. The summed E-state index contributed by atoms with van der Waals surface area (Å²) in [5, 5.41) is 14.0. The topological polar surface area (TPSA) is 134 Å². The number of carbonyl (C=O) groups is 1. The maximum Gasteiger partial charge on any atom is 0.269 e. The molecule has 5 rings (SSSR count). The van der Waals surface area contributed by atoms with Crippen molar-refractivity contribution in [3.05, 3.63) is 93.5 Å². The molecule has 1 fully saturated rings. The minimum absolute atomic E-state index is 0.117. The summed E-state index contributed by atoms with van der Waals surface area (Å²) in [6.45, 7) is 5.90. The highest BCUT2D eigenvalue weighted by atomic mass is 32.2. The van der Waals surface area contributed by atoms with Crippen molar-refractivity contribution >= 4 is 33.0 Å². The van der Waals surface area contributed by atoms with Crippen LogP contribution in [0.25, 0.3) is 0 Å². The normalized spacial score (nSPS) is 15.7. The van der Waals surface area contributed by atoms with Crippen molar-refractivity contribution in [1.29, 1.82) is 0 Å². The number of hydrogen-bond donors (Lipinski definition) is 2. The molecule has 0 bridgehead atoms. The summed E-state index contributed by atoms with van der Waals surface area (Å²) in [5.74, 6) is -0.280. The van der Waals surface area contributed by atoms with Crippen molar-refractivity contribution in [2.24, 2.45) is 0 Å². The van der Waals surface area contributed by atoms with Gasteiger partial charge in [-0.2, -0.15) is 0 Å². The number of nitrogens with one attached hydrogen (secondary N) is 2. The van der Waals surface area contributed by atoms with Crippen LogP contribution in [0.3, 0.4) is 0 Å². The number of fused-ring (bicyclic) bond motifs is 1. The van der Waals surface area contributed by atoms with Gasteiger partial charge in [-0.1, -0.05) is 24.3 Å². The van der Waals surface area contributed by atoms with Gasteiger partial charge in [-0.15, -0.1) is 0 Å². The van der Waals surface area contributed by atoms with Gasteiger partial charge in [0.15, 0.2) is 0 Å². The molecule has 0 spiro atoms. The highest BCUT2D eigenvalue weighted by molar-refractivity contribution is 7.92. The Balaban J connectivity index is 1.35. The number of morpholine rings is 1. The van der Waals surface area contributed by atoms with E-state index in [4.69, 9.17) is 4.74 Å². The average Bonchev–Trinajstić information content (AvgIpc) is 2.99. The maximum atomic E-state index is 13.5. The van der Waals surface area contributed by atoms with Gasteiger partial charge in [-0.05, 0) is 60.8 Å². The minimum atomic E-state index is -4.04. The first-order valence-corrected chi connectivity index (χ1v) is 15.1. The Labute approximate surface area is 239 Å². The highest BCUT2D eigenvalue weighted by Gasteiger charge is 2.23. The first-order chi connectivity index (χ1) is 19.8. The molecule has 0 aliphatic carbocycles. The first kappa shape index (κ1) is 28.5. The van der Waals surface area contributed by atoms with Gasteiger partial charge in [0.2, 0.25) is 0 Å². The van der Waals surface area contributed by atoms with Gasteiger partial charge >= 0.3 is 0 Å². The van der Waals surface area contributed by atoms with Crippen molar-refractivity contribution in [2.75, 3.05) is 55.6 Å². The van der Waals surface area contributed by atoms with Crippen LogP contribution in [0.5, 0.6) is 0 Å². The number of rotatable bonds is 10. The number of carbonyl (C=O) groups excluding carboxylic acids is 1. The molecule has 3 aromatic carbocycles. The predicted molar refractivity (Wildman–Crippen MR) is 156 cm³/mol. The lowest BCUT2D eigenvalue weighted by Crippen LogP contribution is -2.38. The molecular weight excluding hydrogens is 546 g/mol. The fraction of sp³-hybridized carbons (Fsp3) is 0.345. The van der Waals surface area contributed by atoms with Crippen LogP contribution in [0.1, 0.15) is 27.9 Å². The summed E-state index contributed by atoms with van der Waals surface area (Å²) in [7, 11) is -4.04. The first-order valence-electron chi connectivity index (χ1n) is 13.6. The van der Waals surface area contributed by atoms with E-state index in [0.29, 0.717) is 18.7 Å². The van der Waals surface area contributed by atoms with Crippen LogP contribution in [0.2, 0.25) is 0 Å². The van der Waals surface area contributed by atoms with Gasteiger partial charge in [0.1, 0.15) is 0 Å². The molecule has 11 nitrogen and oxygen atoms in total. The second kappa shape index (κ2) is 12.7. The Morgan fingerprint density at radius 1 is 0.976 bits per heavy atom. The van der Waals surface area contributed by atoms with Crippen molar-refractivity contribution in [2.45, 2.75) is 24.3 Å². The number of sulfonamides is 1. The lowest BCUT2D eigenvalue weighted by molar-refractivity contribution is -0.384. The third-order valence-corrected chi connectivity index (χ3v) is 8.76. The summed E-state index contributed by atoms with van der Waals surface area (Å²) in [4.78, 5) is 28.2. The molecule has 1 saturated heterocycles. The summed E-state index contributed by atoms with van der Waals surface area (Å²) in [6.07, 6.45) is 1.62. The third kappa shape index (κ3) is 7.02. The zero-order chi connectivity index (χ0) is 28.8. The Kier molecular flexibility index (Phi) is 8.81. The molecule has 0 atom stereocenters. The predicted octanol–water partition coefficient (Wildman–Crippen LogP) is 3.41. The summed E-state index contributed by atoms with van der Waals surface area (Å²) in [6, 6.07) is 17.8. The van der Waals surface area contributed by atoms with E-state index in [1.807, 2.05) is 12.1 Å². The molecule has 2 aliphatic heterocycles. The van der Waals surface area contributed by atoms with Crippen LogP contribution in [-0.4, -0.2) is 70.1 Å². The van der Waals surface area contributed by atoms with Gasteiger partial charge in [-0.3, -0.25) is 24.5 Å². The number of anilines is 2. The van der Waals surface area contributed by atoms with E-state index in [2.05, 4.69) is 32.0 Å². The number of ether oxygens (including phenoxy) is 1. The molecule has 216 valence electrons. The zero-order valence-electron chi connectivity index (χ0n) is 22.6. The zero-order valence-corrected chi connectivity index (χ0v) is 23.4. The number of hydrogen-bond acceptors (Lipinski definition) is 8. The van der Waals surface area contributed by atoms with Gasteiger partial charge < -0.3 is 15.0 Å². The standard InChI is InChI=1S/C29H33N5O6S/c35-29(30-13-3-14-32-16-18-40-19-17-32)27-20-24(31-41(38,39)26-9-7-25(8-10-26)34(36)37)6-11-28(27)33-15-12-22-4-1-2-5-23(22)21-33/h1-2,4-11,20,31H,3,12-19,21H2,(H,30,35).